The van der Waals surface area contributed by atoms with Crippen LogP contribution in [-0.2, 0) is 0 Å². The molecular weight excluding hydrogens is 220 g/mol. The van der Waals surface area contributed by atoms with Gasteiger partial charge in [0.25, 0.3) is 0 Å². The molecule has 3 N–H and O–H groups in total. The first kappa shape index (κ1) is 11.5. The number of thiophene rings is 1. The third-order valence-corrected chi connectivity index (χ3v) is 4.54. The van der Waals surface area contributed by atoms with Crippen LogP contribution in [0.1, 0.15) is 42.8 Å². The normalized spacial score (nSPS) is 17.9. The van der Waals surface area contributed by atoms with Crippen molar-refractivity contribution in [2.45, 2.75) is 33.1 Å². The predicted octanol–water partition coefficient (Wildman–Crippen LogP) is 3.14. The van der Waals surface area contributed by atoms with Crippen molar-refractivity contribution < 1.29 is 4.79 Å². The molecule has 0 bridgehead atoms. The van der Waals surface area contributed by atoms with Crippen LogP contribution in [0.2, 0.25) is 0 Å². The van der Waals surface area contributed by atoms with Gasteiger partial charge in [-0.25, -0.2) is 0 Å². The van der Waals surface area contributed by atoms with Crippen molar-refractivity contribution in [1.82, 2.24) is 0 Å². The van der Waals surface area contributed by atoms with Crippen molar-refractivity contribution in [1.29, 1.82) is 0 Å². The molecule has 1 saturated carbocycles. The van der Waals surface area contributed by atoms with E-state index in [0.717, 1.165) is 11.5 Å². The van der Waals surface area contributed by atoms with Crippen LogP contribution in [0.15, 0.2) is 6.07 Å². The molecule has 1 heterocycles. The third kappa shape index (κ3) is 2.21. The standard InChI is InChI=1S/C12H18N2OS/c1-8(15)11-9(13)6-10(16-11)14-7-12(2)4-3-5-12/h6,14H,3-5,7,13H2,1-2H3. The number of Topliss-reactive ketones (excluding diaryl/α,β-unsaturated/α-hetero) is 1. The number of anilines is 2. The zero-order chi connectivity index (χ0) is 11.8. The maximum absolute atomic E-state index is 11.3. The lowest BCUT2D eigenvalue weighted by Gasteiger charge is -2.38. The topological polar surface area (TPSA) is 55.1 Å². The zero-order valence-corrected chi connectivity index (χ0v) is 10.6. The largest absolute Gasteiger partial charge is 0.397 e. The molecule has 0 aromatic carbocycles. The molecule has 4 heteroatoms. The Morgan fingerprint density at radius 2 is 2.31 bits per heavy atom. The van der Waals surface area contributed by atoms with E-state index in [1.54, 1.807) is 6.92 Å². The molecule has 1 aliphatic rings. The third-order valence-electron chi connectivity index (χ3n) is 3.33. The van der Waals surface area contributed by atoms with E-state index in [2.05, 4.69) is 12.2 Å². The lowest BCUT2D eigenvalue weighted by molar-refractivity contribution is 0.102. The Kier molecular flexibility index (Phi) is 2.93. The summed E-state index contributed by atoms with van der Waals surface area (Å²) in [5.41, 5.74) is 6.81. The Hall–Kier alpha value is -1.03. The van der Waals surface area contributed by atoms with E-state index >= 15 is 0 Å². The van der Waals surface area contributed by atoms with Gasteiger partial charge in [0.15, 0.2) is 5.78 Å². The summed E-state index contributed by atoms with van der Waals surface area (Å²) in [4.78, 5) is 11.9. The Morgan fingerprint density at radius 1 is 1.62 bits per heavy atom. The van der Waals surface area contributed by atoms with E-state index in [9.17, 15) is 4.79 Å². The minimum atomic E-state index is 0.0467. The lowest BCUT2D eigenvalue weighted by Crippen LogP contribution is -2.33. The molecule has 3 nitrogen and oxygen atoms in total. The van der Waals surface area contributed by atoms with Gasteiger partial charge in [-0.15, -0.1) is 11.3 Å². The molecule has 0 atom stereocenters. The van der Waals surface area contributed by atoms with Gasteiger partial charge in [0.1, 0.15) is 0 Å². The fourth-order valence-electron chi connectivity index (χ4n) is 2.02. The molecule has 1 aromatic rings. The first-order chi connectivity index (χ1) is 7.50. The Labute approximate surface area is 100 Å². The summed E-state index contributed by atoms with van der Waals surface area (Å²) in [6.07, 6.45) is 3.92. The minimum absolute atomic E-state index is 0.0467. The van der Waals surface area contributed by atoms with Gasteiger partial charge >= 0.3 is 0 Å². The minimum Gasteiger partial charge on any atom is -0.397 e. The summed E-state index contributed by atoms with van der Waals surface area (Å²) in [6.45, 7) is 4.83. The molecular formula is C12H18N2OS. The van der Waals surface area contributed by atoms with Crippen molar-refractivity contribution in [3.63, 3.8) is 0 Å². The van der Waals surface area contributed by atoms with Crippen LogP contribution < -0.4 is 11.1 Å². The number of hydrogen-bond donors (Lipinski definition) is 2. The quantitative estimate of drug-likeness (QED) is 0.792. The van der Waals surface area contributed by atoms with Gasteiger partial charge in [0, 0.05) is 13.5 Å². The number of nitrogens with one attached hydrogen (secondary N) is 1. The van der Waals surface area contributed by atoms with Crippen molar-refractivity contribution >= 4 is 27.8 Å². The first-order valence-electron chi connectivity index (χ1n) is 5.64. The van der Waals surface area contributed by atoms with Gasteiger partial charge < -0.3 is 11.1 Å². The van der Waals surface area contributed by atoms with Gasteiger partial charge in [-0.3, -0.25) is 4.79 Å². The average molecular weight is 238 g/mol. The van der Waals surface area contributed by atoms with E-state index in [-0.39, 0.29) is 5.78 Å². The molecule has 0 unspecified atom stereocenters. The van der Waals surface area contributed by atoms with Crippen LogP contribution in [0.3, 0.4) is 0 Å². The fourth-order valence-corrected chi connectivity index (χ4v) is 2.90. The summed E-state index contributed by atoms with van der Waals surface area (Å²) < 4.78 is 0. The van der Waals surface area contributed by atoms with Crippen LogP contribution in [0.25, 0.3) is 0 Å². The average Bonchev–Trinajstić information content (AvgIpc) is 2.54. The van der Waals surface area contributed by atoms with E-state index in [4.69, 9.17) is 5.73 Å². The first-order valence-corrected chi connectivity index (χ1v) is 6.46. The fraction of sp³-hybridized carbons (Fsp3) is 0.583. The van der Waals surface area contributed by atoms with E-state index in [0.29, 0.717) is 16.0 Å². The van der Waals surface area contributed by atoms with Crippen molar-refractivity contribution in [3.8, 4) is 0 Å². The van der Waals surface area contributed by atoms with Gasteiger partial charge in [0.05, 0.1) is 15.6 Å². The molecule has 1 aliphatic carbocycles. The molecule has 16 heavy (non-hydrogen) atoms. The molecule has 0 aliphatic heterocycles. The Balaban J connectivity index is 1.99. The highest BCUT2D eigenvalue weighted by atomic mass is 32.1. The second-order valence-electron chi connectivity index (χ2n) is 4.97. The number of rotatable bonds is 4. The number of carbonyl (C=O) groups excluding carboxylic acids is 1. The van der Waals surface area contributed by atoms with Crippen LogP contribution in [-0.4, -0.2) is 12.3 Å². The summed E-state index contributed by atoms with van der Waals surface area (Å²) in [5, 5.41) is 4.40. The van der Waals surface area contributed by atoms with E-state index < -0.39 is 0 Å². The van der Waals surface area contributed by atoms with E-state index in [1.807, 2.05) is 6.07 Å². The van der Waals surface area contributed by atoms with Crippen LogP contribution >= 0.6 is 11.3 Å². The van der Waals surface area contributed by atoms with Crippen molar-refractivity contribution in [2.24, 2.45) is 5.41 Å². The molecule has 1 aromatic heterocycles. The van der Waals surface area contributed by atoms with Crippen LogP contribution in [0, 0.1) is 5.41 Å². The van der Waals surface area contributed by atoms with Crippen LogP contribution in [0.5, 0.6) is 0 Å². The molecule has 0 radical (unpaired) electrons. The molecule has 0 amide bonds. The second-order valence-corrected chi connectivity index (χ2v) is 6.02. The molecule has 2 rings (SSSR count). The highest BCUT2D eigenvalue weighted by Gasteiger charge is 2.31. The molecule has 1 fully saturated rings. The highest BCUT2D eigenvalue weighted by molar-refractivity contribution is 7.18. The van der Waals surface area contributed by atoms with Crippen molar-refractivity contribution in [3.05, 3.63) is 10.9 Å². The maximum atomic E-state index is 11.3. The Bertz CT molecular complexity index is 407. The lowest BCUT2D eigenvalue weighted by atomic mass is 9.70. The predicted molar refractivity (Wildman–Crippen MR) is 69.2 cm³/mol. The van der Waals surface area contributed by atoms with E-state index in [1.165, 1.54) is 30.6 Å². The highest BCUT2D eigenvalue weighted by Crippen LogP contribution is 2.41. The second kappa shape index (κ2) is 4.09. The molecule has 0 saturated heterocycles. The molecule has 0 spiro atoms. The summed E-state index contributed by atoms with van der Waals surface area (Å²) in [7, 11) is 0. The summed E-state index contributed by atoms with van der Waals surface area (Å²) in [6, 6.07) is 1.86. The SMILES string of the molecule is CC(=O)c1sc(NCC2(C)CCC2)cc1N. The van der Waals surface area contributed by atoms with Crippen LogP contribution in [0.4, 0.5) is 10.7 Å². The monoisotopic (exact) mass is 238 g/mol. The number of nitrogens with two attached hydrogens (primary N) is 1. The molecule has 88 valence electrons. The number of carbonyl (C=O) groups is 1. The number of nitrogen functional groups attached to an aromatic ring is 1. The van der Waals surface area contributed by atoms with Gasteiger partial charge in [-0.05, 0) is 24.3 Å². The number of hydrogen-bond acceptors (Lipinski definition) is 4. The Morgan fingerprint density at radius 3 is 2.75 bits per heavy atom. The van der Waals surface area contributed by atoms with Gasteiger partial charge in [0.2, 0.25) is 0 Å². The summed E-state index contributed by atoms with van der Waals surface area (Å²) in [5.74, 6) is 0.0467. The van der Waals surface area contributed by atoms with Crippen molar-refractivity contribution in [2.75, 3.05) is 17.6 Å². The smallest absolute Gasteiger partial charge is 0.171 e. The van der Waals surface area contributed by atoms with Gasteiger partial charge in [-0.2, -0.15) is 0 Å². The number of ketones is 1. The summed E-state index contributed by atoms with van der Waals surface area (Å²) >= 11 is 1.46. The maximum Gasteiger partial charge on any atom is 0.171 e. The van der Waals surface area contributed by atoms with Gasteiger partial charge in [-0.1, -0.05) is 13.3 Å². The zero-order valence-electron chi connectivity index (χ0n) is 9.80.